The number of aliphatic carboxylic acids is 1. The molecule has 2 aromatic rings. The number of hydrogen-bond donors (Lipinski definition) is 2. The van der Waals surface area contributed by atoms with Crippen molar-refractivity contribution in [2.45, 2.75) is 42.8 Å². The number of alkyl halides is 2. The molecular formula is C25H19Cl4F2N3O4. The number of hydrogen-bond acceptors (Lipinski definition) is 4. The molecule has 1 spiro atoms. The molecule has 1 unspecified atom stereocenters. The molecule has 3 aliphatic heterocycles. The average Bonchev–Trinajstić information content (AvgIpc) is 3.43. The van der Waals surface area contributed by atoms with E-state index in [1.165, 1.54) is 35.2 Å². The van der Waals surface area contributed by atoms with Gasteiger partial charge in [0.1, 0.15) is 11.5 Å². The molecular weight excluding hydrogens is 586 g/mol. The Morgan fingerprint density at radius 2 is 1.66 bits per heavy atom. The predicted molar refractivity (Wildman–Crippen MR) is 138 cm³/mol. The number of halogens is 6. The van der Waals surface area contributed by atoms with Gasteiger partial charge in [0.2, 0.25) is 5.91 Å². The SMILES string of the molecule is O=C(O)C1[C@@H](C(=O)N(c2cc(Cl)cc(Cl)c2)C2CC2)[C@H]2CC(F)(F)CN2[C@]12C(=O)Nc1c(Cl)cc(Cl)cc12. The molecule has 0 radical (unpaired) electrons. The van der Waals surface area contributed by atoms with Crippen LogP contribution in [0.3, 0.4) is 0 Å². The fourth-order valence-corrected chi connectivity index (χ4v) is 7.53. The molecule has 200 valence electrons. The predicted octanol–water partition coefficient (Wildman–Crippen LogP) is 5.68. The van der Waals surface area contributed by atoms with Crippen molar-refractivity contribution in [1.82, 2.24) is 4.90 Å². The highest BCUT2D eigenvalue weighted by Gasteiger charge is 2.75. The Morgan fingerprint density at radius 1 is 1.03 bits per heavy atom. The smallest absolute Gasteiger partial charge is 0.310 e. The Hall–Kier alpha value is -2.17. The van der Waals surface area contributed by atoms with Crippen LogP contribution in [-0.4, -0.2) is 52.3 Å². The highest BCUT2D eigenvalue weighted by molar-refractivity contribution is 6.38. The second-order valence-electron chi connectivity index (χ2n) is 10.2. The molecule has 13 heteroatoms. The summed E-state index contributed by atoms with van der Waals surface area (Å²) in [6, 6.07) is 5.70. The summed E-state index contributed by atoms with van der Waals surface area (Å²) < 4.78 is 30.0. The number of rotatable bonds is 4. The number of carboxylic acid groups (broad SMARTS) is 1. The Labute approximate surface area is 235 Å². The van der Waals surface area contributed by atoms with Gasteiger partial charge >= 0.3 is 5.97 Å². The quantitative estimate of drug-likeness (QED) is 0.468. The van der Waals surface area contributed by atoms with Crippen LogP contribution < -0.4 is 10.2 Å². The maximum atomic E-state index is 15.0. The van der Waals surface area contributed by atoms with Crippen molar-refractivity contribution in [1.29, 1.82) is 0 Å². The maximum absolute atomic E-state index is 15.0. The van der Waals surface area contributed by atoms with Gasteiger partial charge in [-0.3, -0.25) is 19.3 Å². The first-order valence-electron chi connectivity index (χ1n) is 11.8. The topological polar surface area (TPSA) is 90.0 Å². The summed E-state index contributed by atoms with van der Waals surface area (Å²) in [6.45, 7) is -0.908. The lowest BCUT2D eigenvalue weighted by molar-refractivity contribution is -0.153. The molecule has 4 aliphatic rings. The number of nitrogens with one attached hydrogen (secondary N) is 1. The van der Waals surface area contributed by atoms with Crippen molar-refractivity contribution in [2.75, 3.05) is 16.8 Å². The number of nitrogens with zero attached hydrogens (tertiary/aromatic N) is 2. The second kappa shape index (κ2) is 8.66. The largest absolute Gasteiger partial charge is 0.481 e. The summed E-state index contributed by atoms with van der Waals surface area (Å²) in [7, 11) is 0. The summed E-state index contributed by atoms with van der Waals surface area (Å²) >= 11 is 24.9. The third-order valence-electron chi connectivity index (χ3n) is 7.86. The lowest BCUT2D eigenvalue weighted by Gasteiger charge is -2.36. The van der Waals surface area contributed by atoms with E-state index in [9.17, 15) is 28.3 Å². The van der Waals surface area contributed by atoms with Crippen LogP contribution in [0.5, 0.6) is 0 Å². The molecule has 3 heterocycles. The third kappa shape index (κ3) is 3.73. The summed E-state index contributed by atoms with van der Waals surface area (Å²) in [6.07, 6.45) is 0.468. The van der Waals surface area contributed by atoms with E-state index in [0.29, 0.717) is 18.5 Å². The molecule has 7 nitrogen and oxygen atoms in total. The minimum atomic E-state index is -3.27. The van der Waals surface area contributed by atoms with E-state index in [2.05, 4.69) is 5.32 Å². The van der Waals surface area contributed by atoms with E-state index in [-0.39, 0.29) is 37.4 Å². The van der Waals surface area contributed by atoms with E-state index < -0.39 is 60.1 Å². The van der Waals surface area contributed by atoms with Crippen LogP contribution in [0.1, 0.15) is 24.8 Å². The molecule has 0 bridgehead atoms. The van der Waals surface area contributed by atoms with Crippen LogP contribution in [0.25, 0.3) is 0 Å². The first-order chi connectivity index (χ1) is 17.8. The van der Waals surface area contributed by atoms with Crippen LogP contribution in [0.15, 0.2) is 30.3 Å². The minimum Gasteiger partial charge on any atom is -0.481 e. The lowest BCUT2D eigenvalue weighted by Crippen LogP contribution is -2.54. The zero-order chi connectivity index (χ0) is 27.3. The van der Waals surface area contributed by atoms with Crippen LogP contribution in [-0.2, 0) is 19.9 Å². The number of carbonyl (C=O) groups excluding carboxylic acids is 2. The van der Waals surface area contributed by atoms with Crippen molar-refractivity contribution in [3.05, 3.63) is 56.0 Å². The van der Waals surface area contributed by atoms with E-state index in [0.717, 1.165) is 4.90 Å². The van der Waals surface area contributed by atoms with Crippen LogP contribution in [0, 0.1) is 11.8 Å². The van der Waals surface area contributed by atoms with Gasteiger partial charge < -0.3 is 15.3 Å². The molecule has 38 heavy (non-hydrogen) atoms. The van der Waals surface area contributed by atoms with Gasteiger partial charge in [0, 0.05) is 44.8 Å². The third-order valence-corrected chi connectivity index (χ3v) is 8.82. The van der Waals surface area contributed by atoms with Crippen molar-refractivity contribution in [3.8, 4) is 0 Å². The molecule has 2 amide bonds. The Bertz CT molecular complexity index is 1400. The molecule has 6 rings (SSSR count). The van der Waals surface area contributed by atoms with Gasteiger partial charge in [-0.15, -0.1) is 0 Å². The molecule has 0 aromatic heterocycles. The molecule has 1 aliphatic carbocycles. The Morgan fingerprint density at radius 3 is 2.26 bits per heavy atom. The summed E-state index contributed by atoms with van der Waals surface area (Å²) in [5.41, 5.74) is -1.63. The lowest BCUT2D eigenvalue weighted by atomic mass is 9.73. The highest BCUT2D eigenvalue weighted by Crippen LogP contribution is 2.61. The fourth-order valence-electron chi connectivity index (χ4n) is 6.47. The van der Waals surface area contributed by atoms with Crippen molar-refractivity contribution in [3.63, 3.8) is 0 Å². The van der Waals surface area contributed by atoms with Crippen LogP contribution >= 0.6 is 46.4 Å². The fraction of sp³-hybridized carbons (Fsp3) is 0.400. The van der Waals surface area contributed by atoms with Gasteiger partial charge in [-0.05, 0) is 43.2 Å². The molecule has 1 saturated carbocycles. The zero-order valence-electron chi connectivity index (χ0n) is 19.4. The first-order valence-corrected chi connectivity index (χ1v) is 13.3. The van der Waals surface area contributed by atoms with E-state index in [1.807, 2.05) is 0 Å². The van der Waals surface area contributed by atoms with Crippen molar-refractivity contribution in [2.24, 2.45) is 11.8 Å². The average molecular weight is 605 g/mol. The monoisotopic (exact) mass is 603 g/mol. The van der Waals surface area contributed by atoms with Gasteiger partial charge in [0.25, 0.3) is 11.8 Å². The number of fused-ring (bicyclic) bond motifs is 4. The highest BCUT2D eigenvalue weighted by atomic mass is 35.5. The number of carbonyl (C=O) groups is 3. The van der Waals surface area contributed by atoms with E-state index in [4.69, 9.17) is 46.4 Å². The molecule has 4 atom stereocenters. The number of carboxylic acids is 1. The summed E-state index contributed by atoms with van der Waals surface area (Å²) in [4.78, 5) is 43.6. The maximum Gasteiger partial charge on any atom is 0.310 e. The van der Waals surface area contributed by atoms with Crippen molar-refractivity contribution >= 4 is 75.6 Å². The van der Waals surface area contributed by atoms with Gasteiger partial charge in [0.15, 0.2) is 0 Å². The van der Waals surface area contributed by atoms with E-state index >= 15 is 0 Å². The van der Waals surface area contributed by atoms with E-state index in [1.54, 1.807) is 0 Å². The summed E-state index contributed by atoms with van der Waals surface area (Å²) in [5, 5.41) is 13.8. The molecule has 2 saturated heterocycles. The molecule has 2 aromatic carbocycles. The summed E-state index contributed by atoms with van der Waals surface area (Å²) in [5.74, 6) is -9.46. The van der Waals surface area contributed by atoms with Gasteiger partial charge in [-0.1, -0.05) is 46.4 Å². The standard InChI is InChI=1S/C25H19Cl4F2N3O4/c26-10-3-11(27)5-14(4-10)34(13-1-2-13)21(35)18-17-8-24(30,31)9-33(17)25(19(18)22(36)37)15-6-12(28)7-16(29)20(15)32-23(25)38/h3-7,13,17-19H,1-2,8-9H2,(H,32,38)(H,36,37)/t17-,18+,19?,25+/m1/s1. The molecule has 2 N–H and O–H groups in total. The van der Waals surface area contributed by atoms with Gasteiger partial charge in [-0.25, -0.2) is 8.78 Å². The Kier molecular flexibility index (Phi) is 5.94. The second-order valence-corrected chi connectivity index (χ2v) is 11.9. The van der Waals surface area contributed by atoms with Gasteiger partial charge in [0.05, 0.1) is 23.2 Å². The first kappa shape index (κ1) is 26.1. The number of amides is 2. The normalized spacial score (nSPS) is 29.3. The van der Waals surface area contributed by atoms with Crippen LogP contribution in [0.4, 0.5) is 20.2 Å². The zero-order valence-corrected chi connectivity index (χ0v) is 22.4. The minimum absolute atomic E-state index is 0.0346. The molecule has 3 fully saturated rings. The van der Waals surface area contributed by atoms with Crippen molar-refractivity contribution < 1.29 is 28.3 Å². The van der Waals surface area contributed by atoms with Gasteiger partial charge in [-0.2, -0.15) is 0 Å². The van der Waals surface area contributed by atoms with Crippen LogP contribution in [0.2, 0.25) is 20.1 Å². The Balaban J connectivity index is 1.56. The number of anilines is 2. The number of benzene rings is 2.